The van der Waals surface area contributed by atoms with Gasteiger partial charge in [0.05, 0.1) is 11.0 Å². The van der Waals surface area contributed by atoms with Gasteiger partial charge in [-0.05, 0) is 55.0 Å². The fourth-order valence-electron chi connectivity index (χ4n) is 5.73. The molecular weight excluding hydrogens is 414 g/mol. The molecule has 0 spiro atoms. The summed E-state index contributed by atoms with van der Waals surface area (Å²) < 4.78 is 0. The fourth-order valence-corrected chi connectivity index (χ4v) is 5.73. The van der Waals surface area contributed by atoms with E-state index in [4.69, 9.17) is 4.98 Å². The lowest BCUT2D eigenvalue weighted by Crippen LogP contribution is -2.58. The van der Waals surface area contributed by atoms with Gasteiger partial charge in [0.15, 0.2) is 0 Å². The molecule has 0 bridgehead atoms. The number of allylic oxidation sites excluding steroid dienone is 1. The molecule has 0 N–H and O–H groups in total. The zero-order valence-electron chi connectivity index (χ0n) is 20.0. The molecule has 3 heteroatoms. The Kier molecular flexibility index (Phi) is 4.63. The lowest BCUT2D eigenvalue weighted by Gasteiger charge is -2.52. The first kappa shape index (κ1) is 20.7. The molecule has 1 unspecified atom stereocenters. The van der Waals surface area contributed by atoms with Gasteiger partial charge in [-0.15, -0.1) is 6.58 Å². The van der Waals surface area contributed by atoms with E-state index in [2.05, 4.69) is 116 Å². The van der Waals surface area contributed by atoms with Crippen LogP contribution in [0.5, 0.6) is 0 Å². The molecule has 1 aliphatic rings. The van der Waals surface area contributed by atoms with E-state index in [0.717, 1.165) is 23.9 Å². The summed E-state index contributed by atoms with van der Waals surface area (Å²) in [7, 11) is 4.45. The molecule has 0 amide bonds. The van der Waals surface area contributed by atoms with Gasteiger partial charge in [-0.1, -0.05) is 60.7 Å². The third-order valence-corrected chi connectivity index (χ3v) is 7.84. The van der Waals surface area contributed by atoms with Gasteiger partial charge >= 0.3 is 0 Å². The number of hydrogen-bond acceptors (Lipinski definition) is 3. The molecule has 0 fully saturated rings. The summed E-state index contributed by atoms with van der Waals surface area (Å²) in [6.45, 7) is 6.29. The quantitative estimate of drug-likeness (QED) is 0.209. The van der Waals surface area contributed by atoms with Crippen LogP contribution in [0.1, 0.15) is 19.8 Å². The molecule has 6 rings (SSSR count). The maximum Gasteiger partial charge on any atom is 0.110 e. The summed E-state index contributed by atoms with van der Waals surface area (Å²) in [4.78, 5) is 9.84. The first-order valence-electron chi connectivity index (χ1n) is 12.0. The maximum absolute atomic E-state index is 4.95. The topological polar surface area (TPSA) is 19.4 Å². The molecule has 0 aliphatic carbocycles. The molecular formula is C31H29N3. The number of rotatable bonds is 4. The number of hydrogen-bond donors (Lipinski definition) is 0. The van der Waals surface area contributed by atoms with E-state index >= 15 is 0 Å². The fraction of sp³-hybridized carbons (Fsp3) is 0.194. The first-order valence-corrected chi connectivity index (χ1v) is 12.0. The van der Waals surface area contributed by atoms with E-state index in [1.165, 1.54) is 44.0 Å². The van der Waals surface area contributed by atoms with Gasteiger partial charge in [-0.25, -0.2) is 4.98 Å². The Morgan fingerprint density at radius 2 is 1.35 bits per heavy atom. The van der Waals surface area contributed by atoms with E-state index in [1.54, 1.807) is 0 Å². The summed E-state index contributed by atoms with van der Waals surface area (Å²) in [6, 6.07) is 28.3. The van der Waals surface area contributed by atoms with Crippen LogP contribution in [0.3, 0.4) is 0 Å². The number of aromatic nitrogens is 1. The number of nitrogens with zero attached hydrogens (tertiary/aromatic N) is 3. The number of benzene rings is 4. The van der Waals surface area contributed by atoms with Gasteiger partial charge in [0.25, 0.3) is 0 Å². The molecule has 0 saturated heterocycles. The van der Waals surface area contributed by atoms with E-state index in [0.29, 0.717) is 0 Å². The van der Waals surface area contributed by atoms with Crippen molar-refractivity contribution in [2.24, 2.45) is 0 Å². The standard InChI is InChI=1S/C31H29N3/c1-5-6-20-31(2)33(3)27-17-11-14-21-22(18-19-28(30(21)27)34(31)4)29-23-12-7-9-15-25(23)32-26-16-10-8-13-24(26)29/h5,7-19H,1,6,20H2,2-4H3. The zero-order valence-corrected chi connectivity index (χ0v) is 20.0. The molecule has 4 aromatic carbocycles. The van der Waals surface area contributed by atoms with E-state index in [-0.39, 0.29) is 5.66 Å². The van der Waals surface area contributed by atoms with Gasteiger partial charge < -0.3 is 9.80 Å². The third-order valence-electron chi connectivity index (χ3n) is 7.84. The van der Waals surface area contributed by atoms with Crippen LogP contribution in [0.4, 0.5) is 11.4 Å². The van der Waals surface area contributed by atoms with Crippen LogP contribution in [0.25, 0.3) is 43.7 Å². The normalized spacial score (nSPS) is 17.6. The van der Waals surface area contributed by atoms with Crippen LogP contribution in [0.15, 0.2) is 91.5 Å². The molecule has 1 atom stereocenters. The smallest absolute Gasteiger partial charge is 0.110 e. The van der Waals surface area contributed by atoms with Crippen molar-refractivity contribution in [1.29, 1.82) is 0 Å². The lowest BCUT2D eigenvalue weighted by molar-refractivity contribution is 0.403. The second-order valence-corrected chi connectivity index (χ2v) is 9.52. The Balaban J connectivity index is 1.69. The van der Waals surface area contributed by atoms with Crippen LogP contribution in [0.2, 0.25) is 0 Å². The van der Waals surface area contributed by atoms with E-state index < -0.39 is 0 Å². The van der Waals surface area contributed by atoms with Crippen LogP contribution < -0.4 is 9.80 Å². The van der Waals surface area contributed by atoms with Crippen molar-refractivity contribution < 1.29 is 0 Å². The summed E-state index contributed by atoms with van der Waals surface area (Å²) in [5, 5.41) is 4.97. The summed E-state index contributed by atoms with van der Waals surface area (Å²) in [6.07, 6.45) is 4.01. The molecule has 168 valence electrons. The van der Waals surface area contributed by atoms with Gasteiger partial charge in [-0.2, -0.15) is 0 Å². The third kappa shape index (κ3) is 2.80. The van der Waals surface area contributed by atoms with Crippen molar-refractivity contribution >= 4 is 44.0 Å². The summed E-state index contributed by atoms with van der Waals surface area (Å²) >= 11 is 0. The highest BCUT2D eigenvalue weighted by Crippen LogP contribution is 2.49. The first-order chi connectivity index (χ1) is 16.5. The molecule has 5 aromatic rings. The number of para-hydroxylation sites is 2. The number of anilines is 2. The van der Waals surface area contributed by atoms with Gasteiger partial charge in [0.2, 0.25) is 0 Å². The van der Waals surface area contributed by atoms with Crippen LogP contribution in [-0.2, 0) is 0 Å². The number of pyridine rings is 1. The lowest BCUT2D eigenvalue weighted by atomic mass is 9.88. The maximum atomic E-state index is 4.95. The average Bonchev–Trinajstić information content (AvgIpc) is 2.88. The highest BCUT2D eigenvalue weighted by atomic mass is 15.4. The predicted octanol–water partition coefficient (Wildman–Crippen LogP) is 7.78. The van der Waals surface area contributed by atoms with Gasteiger partial charge in [-0.3, -0.25) is 0 Å². The van der Waals surface area contributed by atoms with E-state index in [9.17, 15) is 0 Å². The molecule has 0 saturated carbocycles. The molecule has 1 aliphatic heterocycles. The SMILES string of the molecule is C=CCCC1(C)N(C)c2cccc3c(-c4c5ccccc5nc5ccccc45)ccc(c23)N1C. The van der Waals surface area contributed by atoms with Crippen molar-refractivity contribution in [3.05, 3.63) is 91.5 Å². The number of fused-ring (bicyclic) bond motifs is 2. The molecule has 2 heterocycles. The second kappa shape index (κ2) is 7.59. The van der Waals surface area contributed by atoms with Crippen molar-refractivity contribution in [2.45, 2.75) is 25.4 Å². The van der Waals surface area contributed by atoms with Crippen LogP contribution in [0, 0.1) is 0 Å². The van der Waals surface area contributed by atoms with E-state index in [1.807, 2.05) is 6.08 Å². The summed E-state index contributed by atoms with van der Waals surface area (Å²) in [5.41, 5.74) is 7.02. The monoisotopic (exact) mass is 443 g/mol. The molecule has 1 aromatic heterocycles. The van der Waals surface area contributed by atoms with Crippen molar-refractivity contribution in [1.82, 2.24) is 4.98 Å². The Morgan fingerprint density at radius 1 is 0.765 bits per heavy atom. The Hall–Kier alpha value is -3.85. The molecule has 34 heavy (non-hydrogen) atoms. The largest absolute Gasteiger partial charge is 0.351 e. The second-order valence-electron chi connectivity index (χ2n) is 9.52. The average molecular weight is 444 g/mol. The van der Waals surface area contributed by atoms with Gasteiger partial charge in [0.1, 0.15) is 5.66 Å². The highest BCUT2D eigenvalue weighted by Gasteiger charge is 2.39. The Bertz CT molecular complexity index is 1510. The predicted molar refractivity (Wildman–Crippen MR) is 147 cm³/mol. The minimum absolute atomic E-state index is 0.118. The minimum atomic E-state index is -0.118. The minimum Gasteiger partial charge on any atom is -0.351 e. The molecule has 3 nitrogen and oxygen atoms in total. The zero-order chi connectivity index (χ0) is 23.4. The van der Waals surface area contributed by atoms with Crippen LogP contribution in [-0.4, -0.2) is 24.7 Å². The Morgan fingerprint density at radius 3 is 2.00 bits per heavy atom. The summed E-state index contributed by atoms with van der Waals surface area (Å²) in [5.74, 6) is 0. The van der Waals surface area contributed by atoms with Crippen molar-refractivity contribution in [3.63, 3.8) is 0 Å². The van der Waals surface area contributed by atoms with Crippen molar-refractivity contribution in [2.75, 3.05) is 23.9 Å². The Labute approximate surface area is 200 Å². The van der Waals surface area contributed by atoms with Crippen LogP contribution >= 0.6 is 0 Å². The highest BCUT2D eigenvalue weighted by molar-refractivity contribution is 6.18. The molecule has 0 radical (unpaired) electrons. The van der Waals surface area contributed by atoms with Gasteiger partial charge in [0, 0.05) is 47.2 Å². The van der Waals surface area contributed by atoms with Crippen molar-refractivity contribution in [3.8, 4) is 11.1 Å².